The second-order valence-corrected chi connectivity index (χ2v) is 15.2. The van der Waals surface area contributed by atoms with Crippen LogP contribution in [0.5, 0.6) is 0 Å². The van der Waals surface area contributed by atoms with Gasteiger partial charge in [0.05, 0.1) is 39.2 Å². The van der Waals surface area contributed by atoms with Crippen molar-refractivity contribution < 1.29 is 0 Å². The van der Waals surface area contributed by atoms with Crippen molar-refractivity contribution in [2.75, 3.05) is 5.32 Å². The van der Waals surface area contributed by atoms with Gasteiger partial charge in [-0.2, -0.15) is 0 Å². The van der Waals surface area contributed by atoms with Crippen molar-refractivity contribution in [2.45, 2.75) is 6.17 Å². The Labute approximate surface area is 335 Å². The third-order valence-corrected chi connectivity index (χ3v) is 11.9. The summed E-state index contributed by atoms with van der Waals surface area (Å²) < 4.78 is 4.87. The largest absolute Gasteiger partial charge is 0.358 e. The Bertz CT molecular complexity index is 3410. The van der Waals surface area contributed by atoms with Crippen LogP contribution in [-0.4, -0.2) is 14.8 Å². The molecule has 1 atom stereocenters. The minimum atomic E-state index is -0.247. The summed E-state index contributed by atoms with van der Waals surface area (Å²) in [4.78, 5) is 5.34. The topological polar surface area (TPSA) is 34.2 Å². The third kappa shape index (κ3) is 5.05. The number of hydrogen-bond donors (Lipinski definition) is 1. The van der Waals surface area contributed by atoms with E-state index in [1.807, 2.05) is 0 Å². The zero-order valence-corrected chi connectivity index (χ0v) is 31.5. The smallest absolute Gasteiger partial charge is 0.148 e. The van der Waals surface area contributed by atoms with Crippen LogP contribution in [0.2, 0.25) is 0 Å². The van der Waals surface area contributed by atoms with Crippen LogP contribution in [0.25, 0.3) is 82.3 Å². The van der Waals surface area contributed by atoms with Crippen LogP contribution in [0.4, 0.5) is 11.4 Å². The van der Waals surface area contributed by atoms with Gasteiger partial charge >= 0.3 is 0 Å². The van der Waals surface area contributed by atoms with E-state index < -0.39 is 0 Å². The highest BCUT2D eigenvalue weighted by Gasteiger charge is 2.29. The molecule has 1 N–H and O–H groups in total. The molecule has 0 saturated heterocycles. The molecular formula is C54H36N4. The molecule has 0 spiro atoms. The van der Waals surface area contributed by atoms with E-state index in [4.69, 9.17) is 4.99 Å². The predicted molar refractivity (Wildman–Crippen MR) is 244 cm³/mol. The summed E-state index contributed by atoms with van der Waals surface area (Å²) in [7, 11) is 0. The fraction of sp³-hybridized carbons (Fsp3) is 0.0185. The van der Waals surface area contributed by atoms with E-state index in [1.54, 1.807) is 0 Å². The third-order valence-electron chi connectivity index (χ3n) is 11.9. The number of aromatic nitrogens is 2. The summed E-state index contributed by atoms with van der Waals surface area (Å²) in [5.41, 5.74) is 14.7. The number of fused-ring (bicyclic) bond motifs is 9. The lowest BCUT2D eigenvalue weighted by Crippen LogP contribution is -2.30. The van der Waals surface area contributed by atoms with Gasteiger partial charge in [0.25, 0.3) is 0 Å². The summed E-state index contributed by atoms with van der Waals surface area (Å²) in [6.07, 6.45) is -0.247. The molecule has 0 radical (unpaired) electrons. The van der Waals surface area contributed by atoms with E-state index in [0.717, 1.165) is 39.4 Å². The molecule has 1 unspecified atom stereocenters. The zero-order valence-electron chi connectivity index (χ0n) is 31.5. The number of nitrogens with one attached hydrogen (secondary N) is 1. The average Bonchev–Trinajstić information content (AvgIpc) is 3.81. The number of benzene rings is 9. The molecule has 1 aliphatic rings. The molecule has 9 aromatic carbocycles. The van der Waals surface area contributed by atoms with Crippen LogP contribution in [0.1, 0.15) is 11.7 Å². The van der Waals surface area contributed by atoms with Gasteiger partial charge in [-0.05, 0) is 93.7 Å². The summed E-state index contributed by atoms with van der Waals surface area (Å²) in [5.74, 6) is 0. The minimum absolute atomic E-state index is 0.247. The second kappa shape index (κ2) is 12.9. The molecule has 0 fully saturated rings. The molecule has 1 aliphatic heterocycles. The quantitative estimate of drug-likeness (QED) is 0.187. The lowest BCUT2D eigenvalue weighted by atomic mass is 9.98. The van der Waals surface area contributed by atoms with Crippen molar-refractivity contribution in [3.63, 3.8) is 0 Å². The Morgan fingerprint density at radius 1 is 0.397 bits per heavy atom. The summed E-state index contributed by atoms with van der Waals surface area (Å²) in [5, 5.41) is 11.4. The summed E-state index contributed by atoms with van der Waals surface area (Å²) in [6.45, 7) is 0. The maximum Gasteiger partial charge on any atom is 0.148 e. The molecule has 58 heavy (non-hydrogen) atoms. The van der Waals surface area contributed by atoms with Crippen molar-refractivity contribution >= 4 is 71.5 Å². The average molecular weight is 741 g/mol. The molecule has 272 valence electrons. The molecule has 4 nitrogen and oxygen atoms in total. The zero-order chi connectivity index (χ0) is 38.2. The van der Waals surface area contributed by atoms with Crippen LogP contribution in [0, 0.1) is 0 Å². The molecular weight excluding hydrogens is 705 g/mol. The highest BCUT2D eigenvalue weighted by Crippen LogP contribution is 2.43. The van der Waals surface area contributed by atoms with Gasteiger partial charge in [0.15, 0.2) is 0 Å². The van der Waals surface area contributed by atoms with Crippen LogP contribution in [0.3, 0.4) is 0 Å². The van der Waals surface area contributed by atoms with Gasteiger partial charge in [-0.1, -0.05) is 146 Å². The van der Waals surface area contributed by atoms with Gasteiger partial charge in [-0.15, -0.1) is 0 Å². The molecule has 3 heterocycles. The summed E-state index contributed by atoms with van der Waals surface area (Å²) >= 11 is 0. The molecule has 12 rings (SSSR count). The van der Waals surface area contributed by atoms with Gasteiger partial charge in [0.1, 0.15) is 6.17 Å². The second-order valence-electron chi connectivity index (χ2n) is 15.2. The van der Waals surface area contributed by atoms with Gasteiger partial charge in [-0.25, -0.2) is 4.99 Å². The van der Waals surface area contributed by atoms with Gasteiger partial charge in [0, 0.05) is 32.8 Å². The molecule has 0 amide bonds. The fourth-order valence-corrected chi connectivity index (χ4v) is 9.26. The Morgan fingerprint density at radius 3 is 1.83 bits per heavy atom. The Hall–Kier alpha value is -7.69. The van der Waals surface area contributed by atoms with Crippen molar-refractivity contribution in [1.29, 1.82) is 0 Å². The van der Waals surface area contributed by atoms with Crippen molar-refractivity contribution in [2.24, 2.45) is 4.99 Å². The van der Waals surface area contributed by atoms with E-state index in [9.17, 15) is 0 Å². The van der Waals surface area contributed by atoms with Crippen molar-refractivity contribution in [3.8, 4) is 27.9 Å². The molecule has 0 bridgehead atoms. The maximum absolute atomic E-state index is 5.34. The Balaban J connectivity index is 1.10. The first kappa shape index (κ1) is 32.5. The van der Waals surface area contributed by atoms with Crippen molar-refractivity contribution in [3.05, 3.63) is 212 Å². The van der Waals surface area contributed by atoms with E-state index in [1.165, 1.54) is 65.6 Å². The Kier molecular flexibility index (Phi) is 7.26. The lowest BCUT2D eigenvalue weighted by Gasteiger charge is -2.30. The van der Waals surface area contributed by atoms with Gasteiger partial charge in [-0.3, -0.25) is 0 Å². The first-order chi connectivity index (χ1) is 28.8. The van der Waals surface area contributed by atoms with Crippen LogP contribution in [-0.2, 0) is 0 Å². The van der Waals surface area contributed by atoms with Crippen molar-refractivity contribution in [1.82, 2.24) is 9.13 Å². The minimum Gasteiger partial charge on any atom is -0.358 e. The first-order valence-corrected chi connectivity index (χ1v) is 19.9. The number of nitrogens with zero attached hydrogens (tertiary/aromatic N) is 3. The van der Waals surface area contributed by atoms with Gasteiger partial charge < -0.3 is 14.5 Å². The summed E-state index contributed by atoms with van der Waals surface area (Å²) in [6, 6.07) is 74.5. The molecule has 11 aromatic rings. The number of anilines is 1. The standard InChI is InChI=1S/C54H36N4/c1-4-14-35(15-5-1)40-24-28-43-44-32-38(26-29-48(44)58(51(43)34-40)54-53(37-17-6-2-7-18-37)55-46-22-12-13-23-47(46)56-54)39-27-30-49-45(33-39)52-42-21-11-10-16-36(42)25-31-50(52)57(49)41-19-8-3-9-20-41/h1-34,54,56H. The van der Waals surface area contributed by atoms with E-state index >= 15 is 0 Å². The monoisotopic (exact) mass is 740 g/mol. The number of rotatable bonds is 5. The predicted octanol–water partition coefficient (Wildman–Crippen LogP) is 14.1. The van der Waals surface area contributed by atoms with Gasteiger partial charge in [0.2, 0.25) is 0 Å². The number of aliphatic imine (C=N–C) groups is 1. The number of para-hydroxylation sites is 3. The number of hydrogen-bond acceptors (Lipinski definition) is 2. The maximum atomic E-state index is 5.34. The van der Waals surface area contributed by atoms with Crippen LogP contribution < -0.4 is 5.32 Å². The first-order valence-electron chi connectivity index (χ1n) is 19.9. The molecule has 2 aromatic heterocycles. The molecule has 0 saturated carbocycles. The SMILES string of the molecule is c1ccc(C2=Nc3ccccc3NC2n2c3ccc(-c4ccc5c(c4)c4c6ccccc6ccc4n5-c4ccccc4)cc3c3ccc(-c4ccccc4)cc32)cc1. The molecule has 0 aliphatic carbocycles. The lowest BCUT2D eigenvalue weighted by molar-refractivity contribution is 0.759. The van der Waals surface area contributed by atoms with Crippen LogP contribution in [0.15, 0.2) is 211 Å². The fourth-order valence-electron chi connectivity index (χ4n) is 9.26. The molecule has 4 heteroatoms. The highest BCUT2D eigenvalue weighted by molar-refractivity contribution is 6.22. The van der Waals surface area contributed by atoms with E-state index in [-0.39, 0.29) is 6.17 Å². The normalized spacial score (nSPS) is 13.9. The van der Waals surface area contributed by atoms with E-state index in [0.29, 0.717) is 0 Å². The Morgan fingerprint density at radius 2 is 1.02 bits per heavy atom. The highest BCUT2D eigenvalue weighted by atomic mass is 15.2. The van der Waals surface area contributed by atoms with E-state index in [2.05, 4.69) is 221 Å². The van der Waals surface area contributed by atoms with Crippen LogP contribution >= 0.6 is 0 Å².